The van der Waals surface area contributed by atoms with Crippen LogP contribution < -0.4 is 4.74 Å². The third-order valence-electron chi connectivity index (χ3n) is 7.70. The molecule has 0 radical (unpaired) electrons. The highest BCUT2D eigenvalue weighted by Gasteiger charge is 2.34. The summed E-state index contributed by atoms with van der Waals surface area (Å²) >= 11 is 3.23. The van der Waals surface area contributed by atoms with Gasteiger partial charge < -0.3 is 9.47 Å². The summed E-state index contributed by atoms with van der Waals surface area (Å²) in [6, 6.07) is 13.1. The first-order valence-electron chi connectivity index (χ1n) is 12.3. The lowest BCUT2D eigenvalue weighted by Crippen LogP contribution is -2.35. The predicted octanol–water partition coefficient (Wildman–Crippen LogP) is 5.93. The van der Waals surface area contributed by atoms with Crippen molar-refractivity contribution >= 4 is 52.1 Å². The van der Waals surface area contributed by atoms with Crippen molar-refractivity contribution in [3.63, 3.8) is 0 Å². The molecule has 0 N–H and O–H groups in total. The van der Waals surface area contributed by atoms with Gasteiger partial charge in [0.05, 0.1) is 25.3 Å². The van der Waals surface area contributed by atoms with E-state index in [-0.39, 0.29) is 12.0 Å². The summed E-state index contributed by atoms with van der Waals surface area (Å²) in [6.45, 7) is 6.05. The molecule has 1 aromatic heterocycles. The number of hydrogen-bond donors (Lipinski definition) is 0. The molecule has 3 heterocycles. The molecule has 2 unspecified atom stereocenters. The first kappa shape index (κ1) is 25.8. The minimum atomic E-state index is -0.302. The van der Waals surface area contributed by atoms with Crippen LogP contribution >= 0.6 is 35.2 Å². The van der Waals surface area contributed by atoms with Crippen molar-refractivity contribution in [3.05, 3.63) is 64.8 Å². The van der Waals surface area contributed by atoms with Gasteiger partial charge in [-0.05, 0) is 68.1 Å². The largest absolute Gasteiger partial charge is 0.496 e. The van der Waals surface area contributed by atoms with Gasteiger partial charge in [-0.3, -0.25) is 13.8 Å². The molecule has 7 nitrogen and oxygen atoms in total. The Labute approximate surface area is 231 Å². The smallest absolute Gasteiger partial charge is 0.337 e. The Morgan fingerprint density at radius 1 is 1.14 bits per heavy atom. The van der Waals surface area contributed by atoms with Crippen LogP contribution in [-0.2, 0) is 13.8 Å². The lowest BCUT2D eigenvalue weighted by atomic mass is 10.00. The Morgan fingerprint density at radius 3 is 2.67 bits per heavy atom. The standard InChI is InChI=1S/C27H32IN3O4S/c1-18-15-25(33-2)23(22-11-14-31(26(18)22)36-35-28)16-30-13-10-21-5-4-12-29(21)17-24(30)19-6-8-20(9-7-19)27(32)34-3/h6-9,11,14-15,21,24H,4-5,10,12-13,16-17H2,1-3H3. The SMILES string of the molecule is COC(=O)c1ccc(C2CN3CCCC3CCN2Cc2c(OC)cc(C)c3c2ccn3SOI)cc1. The molecular weight excluding hydrogens is 589 g/mol. The van der Waals surface area contributed by atoms with Gasteiger partial charge in [0.2, 0.25) is 0 Å². The number of aromatic nitrogens is 1. The highest BCUT2D eigenvalue weighted by atomic mass is 127. The van der Waals surface area contributed by atoms with E-state index in [0.717, 1.165) is 49.4 Å². The Morgan fingerprint density at radius 2 is 1.94 bits per heavy atom. The maximum Gasteiger partial charge on any atom is 0.337 e. The van der Waals surface area contributed by atoms with Crippen LogP contribution in [0.2, 0.25) is 0 Å². The van der Waals surface area contributed by atoms with Gasteiger partial charge in [-0.15, -0.1) is 0 Å². The number of benzene rings is 2. The highest BCUT2D eigenvalue weighted by molar-refractivity contribution is 14.1. The van der Waals surface area contributed by atoms with Gasteiger partial charge in [0, 0.05) is 48.9 Å². The first-order valence-corrected chi connectivity index (χ1v) is 13.9. The molecule has 2 aliphatic heterocycles. The second kappa shape index (κ2) is 11.3. The zero-order chi connectivity index (χ0) is 25.2. The molecule has 2 aliphatic rings. The van der Waals surface area contributed by atoms with Gasteiger partial charge in [0.25, 0.3) is 0 Å². The van der Waals surface area contributed by atoms with E-state index in [1.165, 1.54) is 48.7 Å². The Bertz CT molecular complexity index is 1230. The van der Waals surface area contributed by atoms with Crippen molar-refractivity contribution < 1.29 is 16.8 Å². The van der Waals surface area contributed by atoms with Crippen LogP contribution in [0.1, 0.15) is 52.4 Å². The fraction of sp³-hybridized carbons (Fsp3) is 0.444. The van der Waals surface area contributed by atoms with Crippen molar-refractivity contribution in [2.24, 2.45) is 0 Å². The van der Waals surface area contributed by atoms with E-state index >= 15 is 0 Å². The lowest BCUT2D eigenvalue weighted by Gasteiger charge is -2.32. The van der Waals surface area contributed by atoms with E-state index < -0.39 is 0 Å². The summed E-state index contributed by atoms with van der Waals surface area (Å²) in [4.78, 5) is 17.3. The van der Waals surface area contributed by atoms with Crippen LogP contribution in [0.5, 0.6) is 5.75 Å². The van der Waals surface area contributed by atoms with Crippen molar-refractivity contribution in [2.75, 3.05) is 33.9 Å². The minimum absolute atomic E-state index is 0.218. The summed E-state index contributed by atoms with van der Waals surface area (Å²) in [7, 11) is 3.18. The average molecular weight is 622 g/mol. The summed E-state index contributed by atoms with van der Waals surface area (Å²) in [5, 5.41) is 1.19. The molecule has 5 rings (SSSR count). The van der Waals surface area contributed by atoms with E-state index in [0.29, 0.717) is 11.6 Å². The second-order valence-corrected chi connectivity index (χ2v) is 11.3. The number of halogens is 1. The van der Waals surface area contributed by atoms with Gasteiger partial charge in [-0.25, -0.2) is 7.31 Å². The maximum atomic E-state index is 12.0. The zero-order valence-corrected chi connectivity index (χ0v) is 23.9. The number of fused-ring (bicyclic) bond motifs is 2. The molecule has 0 saturated carbocycles. The Hall–Kier alpha value is -1.79. The molecule has 2 aromatic carbocycles. The van der Waals surface area contributed by atoms with E-state index in [2.05, 4.69) is 51.2 Å². The fourth-order valence-corrected chi connectivity index (χ4v) is 6.91. The number of nitrogens with zero attached hydrogens (tertiary/aromatic N) is 3. The van der Waals surface area contributed by atoms with Crippen molar-refractivity contribution in [1.29, 1.82) is 0 Å². The Balaban J connectivity index is 1.53. The second-order valence-electron chi connectivity index (χ2n) is 9.60. The van der Waals surface area contributed by atoms with E-state index in [4.69, 9.17) is 12.0 Å². The molecule has 0 aliphatic carbocycles. The summed E-state index contributed by atoms with van der Waals surface area (Å²) < 4.78 is 18.2. The van der Waals surface area contributed by atoms with E-state index in [9.17, 15) is 4.79 Å². The van der Waals surface area contributed by atoms with Gasteiger partial charge in [-0.2, -0.15) is 0 Å². The van der Waals surface area contributed by atoms with Crippen molar-refractivity contribution in [3.8, 4) is 5.75 Å². The number of rotatable bonds is 7. The quantitative estimate of drug-likeness (QED) is 0.184. The van der Waals surface area contributed by atoms with Crippen LogP contribution in [0.15, 0.2) is 42.6 Å². The van der Waals surface area contributed by atoms with Gasteiger partial charge in [0.1, 0.15) is 41.0 Å². The topological polar surface area (TPSA) is 56.2 Å². The molecule has 2 fully saturated rings. The Kier molecular flexibility index (Phi) is 8.11. The molecule has 0 spiro atoms. The molecule has 0 bridgehead atoms. The number of carbonyl (C=O) groups is 1. The third-order valence-corrected chi connectivity index (χ3v) is 8.70. The number of aryl methyl sites for hydroxylation is 1. The normalized spacial score (nSPS) is 20.9. The van der Waals surface area contributed by atoms with Crippen molar-refractivity contribution in [2.45, 2.75) is 44.8 Å². The first-order chi connectivity index (χ1) is 17.5. The number of carbonyl (C=O) groups excluding carboxylic acids is 1. The molecule has 36 heavy (non-hydrogen) atoms. The predicted molar refractivity (Wildman–Crippen MR) is 151 cm³/mol. The number of hydrogen-bond acceptors (Lipinski definition) is 7. The van der Waals surface area contributed by atoms with Gasteiger partial charge in [0.15, 0.2) is 0 Å². The number of ether oxygens (including phenoxy) is 2. The minimum Gasteiger partial charge on any atom is -0.496 e. The summed E-state index contributed by atoms with van der Waals surface area (Å²) in [6.07, 6.45) is 5.77. The van der Waals surface area contributed by atoms with E-state index in [1.807, 2.05) is 35.1 Å². The molecule has 0 amide bonds. The lowest BCUT2D eigenvalue weighted by molar-refractivity contribution is 0.0600. The van der Waals surface area contributed by atoms with Crippen LogP contribution in [0, 0.1) is 6.92 Å². The molecule has 2 saturated heterocycles. The summed E-state index contributed by atoms with van der Waals surface area (Å²) in [5.41, 5.74) is 5.32. The van der Waals surface area contributed by atoms with Crippen LogP contribution in [0.3, 0.4) is 0 Å². The monoisotopic (exact) mass is 621 g/mol. The third kappa shape index (κ3) is 5.00. The highest BCUT2D eigenvalue weighted by Crippen LogP contribution is 2.38. The molecule has 9 heteroatoms. The molecule has 192 valence electrons. The molecular formula is C27H32IN3O4S. The number of methoxy groups -OCH3 is 2. The summed E-state index contributed by atoms with van der Waals surface area (Å²) in [5.74, 6) is 0.617. The maximum absolute atomic E-state index is 12.0. The fourth-order valence-electron chi connectivity index (χ4n) is 5.91. The van der Waals surface area contributed by atoms with Gasteiger partial charge >= 0.3 is 5.97 Å². The average Bonchev–Trinajstić information content (AvgIpc) is 3.49. The van der Waals surface area contributed by atoms with Crippen LogP contribution in [-0.4, -0.2) is 59.6 Å². The number of esters is 1. The van der Waals surface area contributed by atoms with E-state index in [1.54, 1.807) is 7.11 Å². The van der Waals surface area contributed by atoms with Crippen LogP contribution in [0.25, 0.3) is 10.9 Å². The molecule has 2 atom stereocenters. The zero-order valence-electron chi connectivity index (χ0n) is 20.9. The molecule has 3 aromatic rings. The van der Waals surface area contributed by atoms with Crippen molar-refractivity contribution in [1.82, 2.24) is 13.8 Å². The van der Waals surface area contributed by atoms with Crippen LogP contribution in [0.4, 0.5) is 0 Å². The van der Waals surface area contributed by atoms with Gasteiger partial charge in [-0.1, -0.05) is 12.1 Å².